The van der Waals surface area contributed by atoms with Gasteiger partial charge in [-0.2, -0.15) is 0 Å². The number of nitrogens with zero attached hydrogens (tertiary/aromatic N) is 2. The van der Waals surface area contributed by atoms with Gasteiger partial charge in [0, 0.05) is 11.8 Å². The molecule has 3 aromatic rings. The van der Waals surface area contributed by atoms with Crippen molar-refractivity contribution in [1.29, 1.82) is 0 Å². The lowest BCUT2D eigenvalue weighted by Crippen LogP contribution is -2.23. The minimum absolute atomic E-state index is 0.271. The summed E-state index contributed by atoms with van der Waals surface area (Å²) in [5, 5.41) is 8.17. The molecule has 0 saturated heterocycles. The van der Waals surface area contributed by atoms with Gasteiger partial charge in [-0.3, -0.25) is 9.78 Å². The molecule has 0 radical (unpaired) electrons. The van der Waals surface area contributed by atoms with Crippen LogP contribution < -0.4 is 16.0 Å². The SMILES string of the molecule is COc1nnc(-c2c[nH]c(=O)[nH]c2=O)cc1[C@H]1C[C@@H]1c1ccccc1. The van der Waals surface area contributed by atoms with Crippen LogP contribution in [-0.2, 0) is 0 Å². The Labute approximate surface area is 142 Å². The average molecular weight is 336 g/mol. The second-order valence-corrected chi connectivity index (χ2v) is 6.04. The van der Waals surface area contributed by atoms with Crippen molar-refractivity contribution in [3.05, 3.63) is 74.6 Å². The third-order valence-electron chi connectivity index (χ3n) is 4.49. The van der Waals surface area contributed by atoms with Crippen molar-refractivity contribution in [3.63, 3.8) is 0 Å². The lowest BCUT2D eigenvalue weighted by molar-refractivity contribution is 0.386. The molecule has 7 heteroatoms. The molecular weight excluding hydrogens is 320 g/mol. The zero-order chi connectivity index (χ0) is 17.4. The highest BCUT2D eigenvalue weighted by atomic mass is 16.5. The van der Waals surface area contributed by atoms with E-state index in [1.54, 1.807) is 7.11 Å². The number of hydrogen-bond donors (Lipinski definition) is 2. The molecule has 0 aliphatic heterocycles. The quantitative estimate of drug-likeness (QED) is 0.756. The minimum atomic E-state index is -0.554. The Morgan fingerprint density at radius 2 is 1.92 bits per heavy atom. The third kappa shape index (κ3) is 2.84. The van der Waals surface area contributed by atoms with Crippen LogP contribution in [0.25, 0.3) is 11.3 Å². The molecule has 0 amide bonds. The summed E-state index contributed by atoms with van der Waals surface area (Å²) in [6.07, 6.45) is 2.34. The monoisotopic (exact) mass is 336 g/mol. The number of aromatic amines is 2. The second kappa shape index (κ2) is 6.01. The van der Waals surface area contributed by atoms with Gasteiger partial charge in [0.05, 0.1) is 12.7 Å². The number of benzene rings is 1. The lowest BCUT2D eigenvalue weighted by atomic mass is 10.0. The predicted octanol–water partition coefficient (Wildman–Crippen LogP) is 1.80. The van der Waals surface area contributed by atoms with Gasteiger partial charge >= 0.3 is 5.69 Å². The molecule has 2 atom stereocenters. The van der Waals surface area contributed by atoms with Crippen molar-refractivity contribution < 1.29 is 4.74 Å². The summed E-state index contributed by atoms with van der Waals surface area (Å²) in [6.45, 7) is 0. The molecule has 7 nitrogen and oxygen atoms in total. The molecule has 2 aromatic heterocycles. The van der Waals surface area contributed by atoms with E-state index in [4.69, 9.17) is 4.74 Å². The van der Waals surface area contributed by atoms with E-state index >= 15 is 0 Å². The standard InChI is InChI=1S/C18H16N4O3/c1-25-17-13(12-7-11(12)10-5-3-2-4-6-10)8-15(21-22-17)14-9-19-18(24)20-16(14)23/h2-6,8-9,11-12H,7H2,1H3,(H2,19,20,23,24)/t11-,12+/m1/s1. The molecule has 0 spiro atoms. The molecule has 1 fully saturated rings. The zero-order valence-electron chi connectivity index (χ0n) is 13.5. The van der Waals surface area contributed by atoms with Crippen molar-refractivity contribution in [2.24, 2.45) is 0 Å². The summed E-state index contributed by atoms with van der Waals surface area (Å²) in [5.74, 6) is 1.14. The highest BCUT2D eigenvalue weighted by Gasteiger charge is 2.41. The first kappa shape index (κ1) is 15.3. The molecule has 1 aromatic carbocycles. The minimum Gasteiger partial charge on any atom is -0.480 e. The van der Waals surface area contributed by atoms with E-state index in [1.165, 1.54) is 11.8 Å². The van der Waals surface area contributed by atoms with Gasteiger partial charge in [0.2, 0.25) is 5.88 Å². The van der Waals surface area contributed by atoms with Crippen LogP contribution in [0.2, 0.25) is 0 Å². The van der Waals surface area contributed by atoms with Crippen molar-refractivity contribution >= 4 is 0 Å². The van der Waals surface area contributed by atoms with Gasteiger partial charge in [0.15, 0.2) is 0 Å². The highest BCUT2D eigenvalue weighted by molar-refractivity contribution is 5.59. The first-order chi connectivity index (χ1) is 12.2. The Morgan fingerprint density at radius 1 is 1.12 bits per heavy atom. The van der Waals surface area contributed by atoms with Crippen LogP contribution in [-0.4, -0.2) is 27.3 Å². The Kier molecular flexibility index (Phi) is 3.68. The number of H-pyrrole nitrogens is 2. The van der Waals surface area contributed by atoms with Gasteiger partial charge in [0.1, 0.15) is 5.69 Å². The Hall–Kier alpha value is -3.22. The summed E-state index contributed by atoms with van der Waals surface area (Å²) in [6, 6.07) is 12.1. The van der Waals surface area contributed by atoms with Crippen LogP contribution in [0.3, 0.4) is 0 Å². The van der Waals surface area contributed by atoms with E-state index < -0.39 is 11.2 Å². The fraction of sp³-hybridized carbons (Fsp3) is 0.222. The predicted molar refractivity (Wildman–Crippen MR) is 91.8 cm³/mol. The second-order valence-electron chi connectivity index (χ2n) is 6.04. The fourth-order valence-corrected chi connectivity index (χ4v) is 3.16. The molecule has 0 unspecified atom stereocenters. The molecular formula is C18H16N4O3. The molecule has 0 bridgehead atoms. The Morgan fingerprint density at radius 3 is 2.64 bits per heavy atom. The fourth-order valence-electron chi connectivity index (χ4n) is 3.16. The summed E-state index contributed by atoms with van der Waals surface area (Å²) in [5.41, 5.74) is 1.83. The molecule has 126 valence electrons. The first-order valence-corrected chi connectivity index (χ1v) is 7.96. The maximum absolute atomic E-state index is 12.0. The summed E-state index contributed by atoms with van der Waals surface area (Å²) < 4.78 is 5.35. The van der Waals surface area contributed by atoms with Crippen molar-refractivity contribution in [2.75, 3.05) is 7.11 Å². The number of ether oxygens (including phenoxy) is 1. The van der Waals surface area contributed by atoms with Gasteiger partial charge in [-0.15, -0.1) is 10.2 Å². The lowest BCUT2D eigenvalue weighted by Gasteiger charge is -2.08. The van der Waals surface area contributed by atoms with Crippen molar-refractivity contribution in [1.82, 2.24) is 20.2 Å². The molecule has 2 heterocycles. The van der Waals surface area contributed by atoms with Crippen molar-refractivity contribution in [3.8, 4) is 17.1 Å². The van der Waals surface area contributed by atoms with Crippen molar-refractivity contribution in [2.45, 2.75) is 18.3 Å². The number of aromatic nitrogens is 4. The topological polar surface area (TPSA) is 101 Å². The number of nitrogens with one attached hydrogen (secondary N) is 2. The third-order valence-corrected chi connectivity index (χ3v) is 4.49. The van der Waals surface area contributed by atoms with Crippen LogP contribution in [0.4, 0.5) is 0 Å². The van der Waals surface area contributed by atoms with Crippen LogP contribution in [0.5, 0.6) is 5.88 Å². The van der Waals surface area contributed by atoms with E-state index in [1.807, 2.05) is 24.3 Å². The van der Waals surface area contributed by atoms with Crippen LogP contribution in [0, 0.1) is 0 Å². The van der Waals surface area contributed by atoms with E-state index in [0.29, 0.717) is 17.5 Å². The normalized spacial score (nSPS) is 18.8. The zero-order valence-corrected chi connectivity index (χ0v) is 13.5. The van der Waals surface area contributed by atoms with Gasteiger partial charge < -0.3 is 9.72 Å². The van der Waals surface area contributed by atoms with E-state index in [0.717, 1.165) is 12.0 Å². The molecule has 2 N–H and O–H groups in total. The Balaban J connectivity index is 1.73. The highest BCUT2D eigenvalue weighted by Crippen LogP contribution is 2.56. The summed E-state index contributed by atoms with van der Waals surface area (Å²) >= 11 is 0. The molecule has 1 saturated carbocycles. The van der Waals surface area contributed by atoms with Gasteiger partial charge in [-0.05, 0) is 29.9 Å². The van der Waals surface area contributed by atoms with Gasteiger partial charge in [-0.1, -0.05) is 30.3 Å². The van der Waals surface area contributed by atoms with Gasteiger partial charge in [0.25, 0.3) is 5.56 Å². The summed E-state index contributed by atoms with van der Waals surface area (Å²) in [4.78, 5) is 27.9. The van der Waals surface area contributed by atoms with Gasteiger partial charge in [-0.25, -0.2) is 4.79 Å². The largest absolute Gasteiger partial charge is 0.480 e. The van der Waals surface area contributed by atoms with Crippen LogP contribution in [0.15, 0.2) is 52.2 Å². The molecule has 1 aliphatic rings. The summed E-state index contributed by atoms with van der Waals surface area (Å²) in [7, 11) is 1.56. The average Bonchev–Trinajstić information content (AvgIpc) is 3.43. The Bertz CT molecular complexity index is 1030. The number of rotatable bonds is 4. The molecule has 25 heavy (non-hydrogen) atoms. The maximum Gasteiger partial charge on any atom is 0.325 e. The maximum atomic E-state index is 12.0. The van der Waals surface area contributed by atoms with E-state index in [-0.39, 0.29) is 11.5 Å². The van der Waals surface area contributed by atoms with E-state index in [2.05, 4.69) is 32.3 Å². The van der Waals surface area contributed by atoms with E-state index in [9.17, 15) is 9.59 Å². The number of methoxy groups -OCH3 is 1. The smallest absolute Gasteiger partial charge is 0.325 e. The first-order valence-electron chi connectivity index (χ1n) is 7.96. The molecule has 4 rings (SSSR count). The number of hydrogen-bond acceptors (Lipinski definition) is 5. The van der Waals surface area contributed by atoms with Crippen LogP contribution in [0.1, 0.15) is 29.4 Å². The molecule has 1 aliphatic carbocycles. The van der Waals surface area contributed by atoms with Crippen LogP contribution >= 0.6 is 0 Å².